The van der Waals surface area contributed by atoms with E-state index in [4.69, 9.17) is 9.47 Å². The quantitative estimate of drug-likeness (QED) is 0.768. The fourth-order valence-electron chi connectivity index (χ4n) is 3.67. The number of hydrogen-bond donors (Lipinski definition) is 1. The molecule has 1 atom stereocenters. The van der Waals surface area contributed by atoms with Crippen molar-refractivity contribution in [1.29, 1.82) is 0 Å². The van der Waals surface area contributed by atoms with E-state index in [1.165, 1.54) is 5.56 Å². The van der Waals surface area contributed by atoms with E-state index in [0.29, 0.717) is 6.04 Å². The Kier molecular flexibility index (Phi) is 7.04. The summed E-state index contributed by atoms with van der Waals surface area (Å²) in [4.78, 5) is 9.10. The molecule has 6 heteroatoms. The second-order valence-electron chi connectivity index (χ2n) is 6.95. The summed E-state index contributed by atoms with van der Waals surface area (Å²) in [5.41, 5.74) is 2.39. The molecule has 0 amide bonds. The molecule has 0 spiro atoms. The molecular formula is C21H29N3O3. The van der Waals surface area contributed by atoms with Crippen LogP contribution in [0, 0.1) is 0 Å². The average molecular weight is 371 g/mol. The Balaban J connectivity index is 1.67. The van der Waals surface area contributed by atoms with Crippen molar-refractivity contribution >= 4 is 0 Å². The normalized spacial score (nSPS) is 18.4. The molecule has 6 nitrogen and oxygen atoms in total. The summed E-state index contributed by atoms with van der Waals surface area (Å²) in [5, 5.41) is 9.55. The highest BCUT2D eigenvalue weighted by Gasteiger charge is 2.27. The minimum Gasteiger partial charge on any atom is -0.497 e. The first kappa shape index (κ1) is 19.6. The smallest absolute Gasteiger partial charge is 0.122 e. The Morgan fingerprint density at radius 1 is 1.07 bits per heavy atom. The molecule has 0 aliphatic carbocycles. The van der Waals surface area contributed by atoms with Gasteiger partial charge < -0.3 is 14.6 Å². The van der Waals surface area contributed by atoms with Gasteiger partial charge in [0.25, 0.3) is 0 Å². The lowest BCUT2D eigenvalue weighted by molar-refractivity contribution is 0.0498. The molecular weight excluding hydrogens is 342 g/mol. The predicted molar refractivity (Wildman–Crippen MR) is 105 cm³/mol. The van der Waals surface area contributed by atoms with Crippen LogP contribution in [0.25, 0.3) is 0 Å². The van der Waals surface area contributed by atoms with Crippen molar-refractivity contribution in [1.82, 2.24) is 14.8 Å². The fraction of sp³-hybridized carbons (Fsp3) is 0.476. The van der Waals surface area contributed by atoms with Gasteiger partial charge in [-0.1, -0.05) is 6.07 Å². The lowest BCUT2D eigenvalue weighted by atomic mass is 10.1. The molecule has 1 aliphatic heterocycles. The molecule has 1 N–H and O–H groups in total. The van der Waals surface area contributed by atoms with Crippen LogP contribution >= 0.6 is 0 Å². The zero-order valence-electron chi connectivity index (χ0n) is 16.2. The Morgan fingerprint density at radius 3 is 2.48 bits per heavy atom. The summed E-state index contributed by atoms with van der Waals surface area (Å²) in [6.45, 7) is 4.82. The number of aliphatic hydroxyl groups excluding tert-OH is 1. The van der Waals surface area contributed by atoms with Gasteiger partial charge in [0.2, 0.25) is 0 Å². The Bertz CT molecular complexity index is 689. The highest BCUT2D eigenvalue weighted by Crippen LogP contribution is 2.25. The number of pyridine rings is 1. The molecule has 1 unspecified atom stereocenters. The molecule has 1 aromatic carbocycles. The average Bonchev–Trinajstić information content (AvgIpc) is 2.70. The maximum absolute atomic E-state index is 9.55. The van der Waals surface area contributed by atoms with Crippen molar-refractivity contribution in [2.45, 2.75) is 25.6 Å². The Morgan fingerprint density at radius 2 is 1.85 bits per heavy atom. The van der Waals surface area contributed by atoms with Gasteiger partial charge in [0.05, 0.1) is 14.2 Å². The maximum Gasteiger partial charge on any atom is 0.122 e. The maximum atomic E-state index is 9.55. The Hall–Kier alpha value is -2.15. The zero-order chi connectivity index (χ0) is 19.1. The van der Waals surface area contributed by atoms with E-state index < -0.39 is 0 Å². The van der Waals surface area contributed by atoms with Crippen molar-refractivity contribution in [3.63, 3.8) is 0 Å². The van der Waals surface area contributed by atoms with Crippen LogP contribution in [0.4, 0.5) is 0 Å². The molecule has 2 aromatic rings. The van der Waals surface area contributed by atoms with Crippen molar-refractivity contribution in [2.24, 2.45) is 0 Å². The van der Waals surface area contributed by atoms with Gasteiger partial charge in [0, 0.05) is 63.8 Å². The predicted octanol–water partition coefficient (Wildman–Crippen LogP) is 2.17. The molecule has 1 saturated heterocycles. The topological polar surface area (TPSA) is 58.1 Å². The highest BCUT2D eigenvalue weighted by molar-refractivity contribution is 5.38. The van der Waals surface area contributed by atoms with Crippen LogP contribution < -0.4 is 9.47 Å². The molecule has 27 heavy (non-hydrogen) atoms. The van der Waals surface area contributed by atoms with E-state index in [2.05, 4.69) is 33.0 Å². The number of rotatable bonds is 8. The minimum absolute atomic E-state index is 0.198. The van der Waals surface area contributed by atoms with Gasteiger partial charge in [-0.3, -0.25) is 14.8 Å². The number of benzene rings is 1. The van der Waals surface area contributed by atoms with E-state index in [1.807, 2.05) is 18.3 Å². The van der Waals surface area contributed by atoms with Crippen LogP contribution in [0.2, 0.25) is 0 Å². The zero-order valence-corrected chi connectivity index (χ0v) is 16.2. The molecule has 0 saturated carbocycles. The summed E-state index contributed by atoms with van der Waals surface area (Å²) < 4.78 is 10.8. The van der Waals surface area contributed by atoms with Gasteiger partial charge in [-0.15, -0.1) is 0 Å². The summed E-state index contributed by atoms with van der Waals surface area (Å²) in [5.74, 6) is 1.61. The minimum atomic E-state index is 0.198. The van der Waals surface area contributed by atoms with Crippen molar-refractivity contribution < 1.29 is 14.6 Å². The van der Waals surface area contributed by atoms with E-state index in [-0.39, 0.29) is 6.61 Å². The van der Waals surface area contributed by atoms with Gasteiger partial charge in [-0.25, -0.2) is 0 Å². The number of piperazine rings is 1. The number of ether oxygens (including phenoxy) is 2. The van der Waals surface area contributed by atoms with Crippen molar-refractivity contribution in [3.8, 4) is 11.5 Å². The first-order valence-electron chi connectivity index (χ1n) is 9.40. The van der Waals surface area contributed by atoms with Gasteiger partial charge in [0.15, 0.2) is 0 Å². The molecule has 1 fully saturated rings. The standard InChI is InChI=1S/C21H29N3O3/c1-26-20-10-18(11-21(12-20)27-2)15-24-8-7-23(16-19(24)5-9-25)14-17-4-3-6-22-13-17/h3-4,6,10-13,19,25H,5,7-9,14-16H2,1-2H3. The number of aliphatic hydroxyl groups is 1. The molecule has 3 rings (SSSR count). The van der Waals surface area contributed by atoms with Gasteiger partial charge >= 0.3 is 0 Å². The number of methoxy groups -OCH3 is 2. The third kappa shape index (κ3) is 5.42. The largest absolute Gasteiger partial charge is 0.497 e. The lowest BCUT2D eigenvalue weighted by Gasteiger charge is -2.41. The summed E-state index contributed by atoms with van der Waals surface area (Å²) in [7, 11) is 3.34. The molecule has 0 bridgehead atoms. The SMILES string of the molecule is COc1cc(CN2CCN(Cc3cccnc3)CC2CCO)cc(OC)c1. The molecule has 2 heterocycles. The van der Waals surface area contributed by atoms with E-state index in [9.17, 15) is 5.11 Å². The molecule has 0 radical (unpaired) electrons. The van der Waals surface area contributed by atoms with Crippen LogP contribution in [0.15, 0.2) is 42.7 Å². The van der Waals surface area contributed by atoms with Crippen LogP contribution in [0.3, 0.4) is 0 Å². The molecule has 1 aliphatic rings. The van der Waals surface area contributed by atoms with Crippen molar-refractivity contribution in [3.05, 3.63) is 53.9 Å². The van der Waals surface area contributed by atoms with Gasteiger partial charge in [-0.2, -0.15) is 0 Å². The number of nitrogens with zero attached hydrogens (tertiary/aromatic N) is 3. The summed E-state index contributed by atoms with van der Waals surface area (Å²) >= 11 is 0. The first-order chi connectivity index (χ1) is 13.2. The third-order valence-corrected chi connectivity index (χ3v) is 5.08. The molecule has 1 aromatic heterocycles. The Labute approximate surface area is 161 Å². The second-order valence-corrected chi connectivity index (χ2v) is 6.95. The fourth-order valence-corrected chi connectivity index (χ4v) is 3.67. The monoisotopic (exact) mass is 371 g/mol. The third-order valence-electron chi connectivity index (χ3n) is 5.08. The lowest BCUT2D eigenvalue weighted by Crippen LogP contribution is -2.52. The van der Waals surface area contributed by atoms with E-state index in [0.717, 1.165) is 56.2 Å². The van der Waals surface area contributed by atoms with Crippen LogP contribution in [0.1, 0.15) is 17.5 Å². The number of hydrogen-bond acceptors (Lipinski definition) is 6. The van der Waals surface area contributed by atoms with Crippen LogP contribution in [-0.2, 0) is 13.1 Å². The molecule has 146 valence electrons. The van der Waals surface area contributed by atoms with Gasteiger partial charge in [-0.05, 0) is 35.7 Å². The number of aromatic nitrogens is 1. The van der Waals surface area contributed by atoms with Crippen LogP contribution in [0.5, 0.6) is 11.5 Å². The van der Waals surface area contributed by atoms with Crippen molar-refractivity contribution in [2.75, 3.05) is 40.5 Å². The highest BCUT2D eigenvalue weighted by atomic mass is 16.5. The van der Waals surface area contributed by atoms with E-state index in [1.54, 1.807) is 20.4 Å². The summed E-state index contributed by atoms with van der Waals surface area (Å²) in [6, 6.07) is 10.4. The van der Waals surface area contributed by atoms with Gasteiger partial charge in [0.1, 0.15) is 11.5 Å². The van der Waals surface area contributed by atoms with Crippen LogP contribution in [-0.4, -0.2) is 66.4 Å². The summed E-state index contributed by atoms with van der Waals surface area (Å²) in [6.07, 6.45) is 4.50. The first-order valence-corrected chi connectivity index (χ1v) is 9.40. The van der Waals surface area contributed by atoms with E-state index >= 15 is 0 Å². The second kappa shape index (κ2) is 9.69.